The molecule has 1 aliphatic heterocycles. The summed E-state index contributed by atoms with van der Waals surface area (Å²) in [6.45, 7) is 3.82. The summed E-state index contributed by atoms with van der Waals surface area (Å²) in [4.78, 5) is 25.8. The van der Waals surface area contributed by atoms with Gasteiger partial charge in [0.1, 0.15) is 0 Å². The molecule has 1 fully saturated rings. The number of rotatable bonds is 11. The van der Waals surface area contributed by atoms with Gasteiger partial charge in [0.15, 0.2) is 0 Å². The van der Waals surface area contributed by atoms with E-state index in [2.05, 4.69) is 5.32 Å². The van der Waals surface area contributed by atoms with Gasteiger partial charge in [-0.25, -0.2) is 12.7 Å². The number of hydrogen-bond acceptors (Lipinski definition) is 5. The number of nitrogens with one attached hydrogen (secondary N) is 1. The molecule has 0 atom stereocenters. The fourth-order valence-corrected chi connectivity index (χ4v) is 4.62. The van der Waals surface area contributed by atoms with Crippen LogP contribution in [0.5, 0.6) is 0 Å². The van der Waals surface area contributed by atoms with Gasteiger partial charge in [-0.3, -0.25) is 9.59 Å². The molecule has 0 aliphatic carbocycles. The van der Waals surface area contributed by atoms with E-state index >= 15 is 0 Å². The van der Waals surface area contributed by atoms with Crippen molar-refractivity contribution in [2.45, 2.75) is 39.0 Å². The molecule has 1 heterocycles. The van der Waals surface area contributed by atoms with Gasteiger partial charge in [0.25, 0.3) is 0 Å². The summed E-state index contributed by atoms with van der Waals surface area (Å²) >= 11 is 0. The van der Waals surface area contributed by atoms with Crippen molar-refractivity contribution in [1.82, 2.24) is 14.5 Å². The molecule has 0 spiro atoms. The molecule has 0 aromatic heterocycles. The predicted octanol–water partition coefficient (Wildman–Crippen LogP) is 0.439. The summed E-state index contributed by atoms with van der Waals surface area (Å²) in [5, 5.41) is 2.75. The number of carbonyl (C=O) groups excluding carboxylic acids is 2. The molecular formula is C17H33N3O5S. The number of ether oxygens (including phenoxy) is 1. The van der Waals surface area contributed by atoms with E-state index in [1.807, 2.05) is 6.92 Å². The van der Waals surface area contributed by atoms with Crippen LogP contribution in [0.3, 0.4) is 0 Å². The highest BCUT2D eigenvalue weighted by Gasteiger charge is 2.32. The zero-order valence-electron chi connectivity index (χ0n) is 16.2. The number of amides is 2. The fourth-order valence-electron chi connectivity index (χ4n) is 2.94. The maximum Gasteiger partial charge on any atom is 0.239 e. The number of carbonyl (C=O) groups is 2. The molecule has 0 radical (unpaired) electrons. The van der Waals surface area contributed by atoms with Crippen LogP contribution < -0.4 is 5.32 Å². The van der Waals surface area contributed by atoms with Crippen molar-refractivity contribution in [2.24, 2.45) is 5.92 Å². The van der Waals surface area contributed by atoms with E-state index < -0.39 is 10.0 Å². The quantitative estimate of drug-likeness (QED) is 0.516. The van der Waals surface area contributed by atoms with Crippen LogP contribution in [-0.2, 0) is 24.3 Å². The first-order valence-corrected chi connectivity index (χ1v) is 10.9. The molecule has 1 N–H and O–H groups in total. The number of nitrogens with zero attached hydrogens (tertiary/aromatic N) is 2. The number of unbranched alkanes of at least 4 members (excludes halogenated alkanes) is 1. The second-order valence-electron chi connectivity index (χ2n) is 6.73. The topological polar surface area (TPSA) is 96.0 Å². The Morgan fingerprint density at radius 2 is 1.88 bits per heavy atom. The first-order chi connectivity index (χ1) is 12.3. The van der Waals surface area contributed by atoms with Crippen LogP contribution in [0, 0.1) is 5.92 Å². The standard InChI is InChI=1S/C17H33N3O5S/c1-4-5-13-26(23,24)20-10-7-15(8-11-20)17(22)19(2)14-16(21)18-9-6-12-25-3/h15H,4-14H2,1-3H3,(H,18,21). The molecule has 0 bridgehead atoms. The molecule has 1 aliphatic rings. The van der Waals surface area contributed by atoms with Crippen LogP contribution in [0.1, 0.15) is 39.0 Å². The zero-order chi connectivity index (χ0) is 19.6. The Bertz CT molecular complexity index is 545. The summed E-state index contributed by atoms with van der Waals surface area (Å²) in [6.07, 6.45) is 3.23. The summed E-state index contributed by atoms with van der Waals surface area (Å²) in [6, 6.07) is 0. The third-order valence-corrected chi connectivity index (χ3v) is 6.51. The van der Waals surface area contributed by atoms with E-state index in [-0.39, 0.29) is 30.0 Å². The van der Waals surface area contributed by atoms with Gasteiger partial charge < -0.3 is 15.0 Å². The Balaban J connectivity index is 2.39. The third-order valence-electron chi connectivity index (χ3n) is 4.56. The lowest BCUT2D eigenvalue weighted by molar-refractivity contribution is -0.139. The maximum absolute atomic E-state index is 12.5. The fraction of sp³-hybridized carbons (Fsp3) is 0.882. The van der Waals surface area contributed by atoms with Crippen LogP contribution in [0.4, 0.5) is 0 Å². The summed E-state index contributed by atoms with van der Waals surface area (Å²) in [7, 11) is 0.00344. The van der Waals surface area contributed by atoms with Gasteiger partial charge in [-0.1, -0.05) is 13.3 Å². The van der Waals surface area contributed by atoms with Crippen LogP contribution in [-0.4, -0.2) is 82.1 Å². The zero-order valence-corrected chi connectivity index (χ0v) is 17.0. The van der Waals surface area contributed by atoms with E-state index in [1.165, 1.54) is 9.21 Å². The second-order valence-corrected chi connectivity index (χ2v) is 8.82. The molecule has 0 saturated carbocycles. The average Bonchev–Trinajstić information content (AvgIpc) is 2.63. The lowest BCUT2D eigenvalue weighted by Crippen LogP contribution is -2.46. The number of piperidine rings is 1. The Morgan fingerprint density at radius 3 is 2.46 bits per heavy atom. The first kappa shape index (κ1) is 22.9. The molecule has 2 amide bonds. The Hall–Kier alpha value is -1.19. The summed E-state index contributed by atoms with van der Waals surface area (Å²) in [5.74, 6) is -0.344. The van der Waals surface area contributed by atoms with Gasteiger partial charge in [-0.15, -0.1) is 0 Å². The highest BCUT2D eigenvalue weighted by atomic mass is 32.2. The van der Waals surface area contributed by atoms with Crippen LogP contribution in [0.25, 0.3) is 0 Å². The molecule has 0 aromatic carbocycles. The molecule has 0 aromatic rings. The molecular weight excluding hydrogens is 358 g/mol. The number of sulfonamides is 1. The van der Waals surface area contributed by atoms with E-state index in [4.69, 9.17) is 4.74 Å². The van der Waals surface area contributed by atoms with Crippen LogP contribution in [0.15, 0.2) is 0 Å². The molecule has 0 unspecified atom stereocenters. The van der Waals surface area contributed by atoms with E-state index in [9.17, 15) is 18.0 Å². The van der Waals surface area contributed by atoms with Crippen molar-refractivity contribution in [1.29, 1.82) is 0 Å². The van der Waals surface area contributed by atoms with Crippen molar-refractivity contribution in [3.8, 4) is 0 Å². The molecule has 1 rings (SSSR count). The highest BCUT2D eigenvalue weighted by molar-refractivity contribution is 7.89. The largest absolute Gasteiger partial charge is 0.385 e. The van der Waals surface area contributed by atoms with Crippen LogP contribution >= 0.6 is 0 Å². The number of methoxy groups -OCH3 is 1. The third kappa shape index (κ3) is 7.59. The first-order valence-electron chi connectivity index (χ1n) is 9.30. The second kappa shape index (κ2) is 11.5. The monoisotopic (exact) mass is 391 g/mol. The number of hydrogen-bond donors (Lipinski definition) is 1. The number of likely N-dealkylation sites (N-methyl/N-ethyl adjacent to an activating group) is 1. The van der Waals surface area contributed by atoms with Gasteiger partial charge in [0.05, 0.1) is 12.3 Å². The SMILES string of the molecule is CCCCS(=O)(=O)N1CCC(C(=O)N(C)CC(=O)NCCCOC)CC1. The van der Waals surface area contributed by atoms with Gasteiger partial charge in [0, 0.05) is 46.3 Å². The van der Waals surface area contributed by atoms with Crippen molar-refractivity contribution < 1.29 is 22.7 Å². The minimum absolute atomic E-state index is 0.0147. The minimum Gasteiger partial charge on any atom is -0.385 e. The van der Waals surface area contributed by atoms with Crippen molar-refractivity contribution in [2.75, 3.05) is 52.7 Å². The lowest BCUT2D eigenvalue weighted by atomic mass is 9.97. The van der Waals surface area contributed by atoms with Gasteiger partial charge in [-0.2, -0.15) is 0 Å². The Kier molecular flexibility index (Phi) is 10.1. The average molecular weight is 392 g/mol. The Morgan fingerprint density at radius 1 is 1.23 bits per heavy atom. The van der Waals surface area contributed by atoms with Gasteiger partial charge in [-0.05, 0) is 25.7 Å². The van der Waals surface area contributed by atoms with E-state index in [0.29, 0.717) is 45.5 Å². The predicted molar refractivity (Wildman–Crippen MR) is 100 cm³/mol. The minimum atomic E-state index is -3.21. The van der Waals surface area contributed by atoms with E-state index in [0.717, 1.165) is 12.8 Å². The molecule has 8 nitrogen and oxygen atoms in total. The summed E-state index contributed by atoms with van der Waals surface area (Å²) < 4.78 is 30.8. The van der Waals surface area contributed by atoms with Gasteiger partial charge >= 0.3 is 0 Å². The van der Waals surface area contributed by atoms with Crippen molar-refractivity contribution in [3.05, 3.63) is 0 Å². The lowest BCUT2D eigenvalue weighted by Gasteiger charge is -2.32. The van der Waals surface area contributed by atoms with Crippen LogP contribution in [0.2, 0.25) is 0 Å². The smallest absolute Gasteiger partial charge is 0.239 e. The van der Waals surface area contributed by atoms with E-state index in [1.54, 1.807) is 14.2 Å². The maximum atomic E-state index is 12.5. The van der Waals surface area contributed by atoms with Gasteiger partial charge in [0.2, 0.25) is 21.8 Å². The molecule has 9 heteroatoms. The molecule has 1 saturated heterocycles. The summed E-state index contributed by atoms with van der Waals surface area (Å²) in [5.41, 5.74) is 0. The molecule has 152 valence electrons. The Labute approximate surface area is 157 Å². The van der Waals surface area contributed by atoms with Crippen molar-refractivity contribution in [3.63, 3.8) is 0 Å². The highest BCUT2D eigenvalue weighted by Crippen LogP contribution is 2.22. The normalized spacial score (nSPS) is 16.4. The molecule has 26 heavy (non-hydrogen) atoms. The van der Waals surface area contributed by atoms with Crippen molar-refractivity contribution >= 4 is 21.8 Å².